The summed E-state index contributed by atoms with van der Waals surface area (Å²) >= 11 is 0. The van der Waals surface area contributed by atoms with Crippen molar-refractivity contribution >= 4 is 12.0 Å². The van der Waals surface area contributed by atoms with Crippen LogP contribution in [0.1, 0.15) is 60.2 Å². The predicted molar refractivity (Wildman–Crippen MR) is 167 cm³/mol. The molecule has 45 heavy (non-hydrogen) atoms. The zero-order valence-electron chi connectivity index (χ0n) is 25.9. The molecule has 3 aromatic rings. The maximum atomic E-state index is 12.1. The van der Waals surface area contributed by atoms with Gasteiger partial charge in [-0.3, -0.25) is 4.79 Å². The molecule has 1 saturated heterocycles. The van der Waals surface area contributed by atoms with Gasteiger partial charge in [-0.15, -0.1) is 0 Å². The quantitative estimate of drug-likeness (QED) is 0.180. The first-order valence-electron chi connectivity index (χ1n) is 15.1. The Morgan fingerprint density at radius 2 is 1.67 bits per heavy atom. The second kappa shape index (κ2) is 16.4. The Morgan fingerprint density at radius 1 is 0.978 bits per heavy atom. The first kappa shape index (κ1) is 33.9. The molecule has 242 valence electrons. The minimum absolute atomic E-state index is 0.0433. The molecule has 1 aliphatic heterocycles. The van der Waals surface area contributed by atoms with Crippen LogP contribution >= 0.6 is 0 Å². The van der Waals surface area contributed by atoms with E-state index in [1.54, 1.807) is 31.2 Å². The highest BCUT2D eigenvalue weighted by atomic mass is 16.7. The molecular weight excluding hydrogens is 578 g/mol. The standard InChI is InChI=1S/C34H43N3O8/c1-4-43-31(41)18-36-34(42)35-17-23-8-14-26(15-9-23)33-44-30(20-37(3)19-29(40)27-6-5-7-28(39)16-27)22(2)32(45-33)25-12-10-24(21-38)11-13-25/h5-16,22,29-30,32-33,38-40H,4,17-21H2,1-3H3,(H2,35,36,42). The SMILES string of the molecule is CCOC(=O)CNC(=O)NCc1ccc(C2OC(CN(C)CC(O)c3cccc(O)c3)C(C)C(c3ccc(CO)cc3)O2)cc1. The van der Waals surface area contributed by atoms with E-state index < -0.39 is 24.4 Å². The predicted octanol–water partition coefficient (Wildman–Crippen LogP) is 3.70. The summed E-state index contributed by atoms with van der Waals surface area (Å²) in [7, 11) is 1.92. The van der Waals surface area contributed by atoms with E-state index in [1.807, 2.05) is 60.5 Å². The number of aromatic hydroxyl groups is 1. The number of carbonyl (C=O) groups is 2. The highest BCUT2D eigenvalue weighted by Crippen LogP contribution is 2.42. The molecule has 1 fully saturated rings. The largest absolute Gasteiger partial charge is 0.508 e. The van der Waals surface area contributed by atoms with Gasteiger partial charge < -0.3 is 45.1 Å². The molecule has 1 aliphatic rings. The summed E-state index contributed by atoms with van der Waals surface area (Å²) < 4.78 is 17.9. The number of amides is 2. The van der Waals surface area contributed by atoms with E-state index in [-0.39, 0.29) is 50.2 Å². The molecule has 0 aromatic heterocycles. The Bertz CT molecular complexity index is 1380. The lowest BCUT2D eigenvalue weighted by atomic mass is 9.90. The second-order valence-electron chi connectivity index (χ2n) is 11.2. The van der Waals surface area contributed by atoms with Crippen LogP contribution in [0.15, 0.2) is 72.8 Å². The number of hydrogen-bond acceptors (Lipinski definition) is 9. The Morgan fingerprint density at radius 3 is 2.33 bits per heavy atom. The fraction of sp³-hybridized carbons (Fsp3) is 0.412. The molecule has 5 N–H and O–H groups in total. The molecule has 5 atom stereocenters. The second-order valence-corrected chi connectivity index (χ2v) is 11.2. The monoisotopic (exact) mass is 621 g/mol. The lowest BCUT2D eigenvalue weighted by Gasteiger charge is -2.42. The van der Waals surface area contributed by atoms with Gasteiger partial charge in [0.25, 0.3) is 0 Å². The van der Waals surface area contributed by atoms with Crippen LogP contribution in [0, 0.1) is 5.92 Å². The van der Waals surface area contributed by atoms with Crippen molar-refractivity contribution in [3.8, 4) is 5.75 Å². The van der Waals surface area contributed by atoms with Crippen molar-refractivity contribution in [1.29, 1.82) is 0 Å². The lowest BCUT2D eigenvalue weighted by Crippen LogP contribution is -2.44. The fourth-order valence-corrected chi connectivity index (χ4v) is 5.24. The third-order valence-electron chi connectivity index (χ3n) is 7.76. The number of phenolic OH excluding ortho intramolecular Hbond substituents is 1. The molecule has 0 bridgehead atoms. The maximum Gasteiger partial charge on any atom is 0.325 e. The topological polar surface area (TPSA) is 150 Å². The summed E-state index contributed by atoms with van der Waals surface area (Å²) in [5.74, 6) is -0.440. The Balaban J connectivity index is 1.44. The molecule has 0 saturated carbocycles. The van der Waals surface area contributed by atoms with Gasteiger partial charge >= 0.3 is 12.0 Å². The Hall–Kier alpha value is -4.00. The van der Waals surface area contributed by atoms with Crippen molar-refractivity contribution in [2.75, 3.05) is 33.3 Å². The number of benzene rings is 3. The number of ether oxygens (including phenoxy) is 3. The molecule has 3 aromatic carbocycles. The normalized spacial score (nSPS) is 20.4. The molecular formula is C34H43N3O8. The lowest BCUT2D eigenvalue weighted by molar-refractivity contribution is -0.276. The molecule has 4 rings (SSSR count). The van der Waals surface area contributed by atoms with E-state index in [0.29, 0.717) is 18.7 Å². The van der Waals surface area contributed by atoms with Gasteiger partial charge in [0.2, 0.25) is 0 Å². The van der Waals surface area contributed by atoms with Gasteiger partial charge in [-0.2, -0.15) is 0 Å². The number of aliphatic hydroxyl groups excluding tert-OH is 2. The minimum atomic E-state index is -0.789. The average Bonchev–Trinajstić information content (AvgIpc) is 3.04. The number of likely N-dealkylation sites (N-methyl/N-ethyl adjacent to an activating group) is 1. The summed E-state index contributed by atoms with van der Waals surface area (Å²) in [6.07, 6.45) is -2.01. The first-order valence-corrected chi connectivity index (χ1v) is 15.1. The number of rotatable bonds is 13. The van der Waals surface area contributed by atoms with E-state index >= 15 is 0 Å². The van der Waals surface area contributed by atoms with E-state index in [0.717, 1.165) is 22.3 Å². The van der Waals surface area contributed by atoms with Crippen molar-refractivity contribution in [3.05, 3.63) is 101 Å². The van der Waals surface area contributed by atoms with Gasteiger partial charge in [-0.25, -0.2) is 4.79 Å². The van der Waals surface area contributed by atoms with Gasteiger partial charge in [0, 0.05) is 31.1 Å². The van der Waals surface area contributed by atoms with Crippen molar-refractivity contribution in [2.45, 2.75) is 51.6 Å². The summed E-state index contributed by atoms with van der Waals surface area (Å²) in [4.78, 5) is 25.5. The molecule has 11 nitrogen and oxygen atoms in total. The van der Waals surface area contributed by atoms with Gasteiger partial charge in [0.05, 0.1) is 31.5 Å². The zero-order valence-corrected chi connectivity index (χ0v) is 25.9. The van der Waals surface area contributed by atoms with E-state index in [2.05, 4.69) is 17.6 Å². The molecule has 0 radical (unpaired) electrons. The van der Waals surface area contributed by atoms with Crippen LogP contribution in [0.5, 0.6) is 5.75 Å². The summed E-state index contributed by atoms with van der Waals surface area (Å²) in [6.45, 7) is 4.89. The summed E-state index contributed by atoms with van der Waals surface area (Å²) in [5, 5.41) is 35.3. The Kier molecular flexibility index (Phi) is 12.3. The highest BCUT2D eigenvalue weighted by Gasteiger charge is 2.39. The molecule has 0 aliphatic carbocycles. The molecule has 0 spiro atoms. The number of carbonyl (C=O) groups excluding carboxylic acids is 2. The number of phenols is 1. The van der Waals surface area contributed by atoms with Gasteiger partial charge in [0.1, 0.15) is 12.3 Å². The van der Waals surface area contributed by atoms with Crippen LogP contribution < -0.4 is 10.6 Å². The van der Waals surface area contributed by atoms with Crippen LogP contribution in [-0.2, 0) is 32.2 Å². The molecule has 5 unspecified atom stereocenters. The van der Waals surface area contributed by atoms with E-state index in [4.69, 9.17) is 14.2 Å². The zero-order chi connectivity index (χ0) is 32.3. The number of esters is 1. The van der Waals surface area contributed by atoms with Crippen LogP contribution in [-0.4, -0.2) is 71.6 Å². The summed E-state index contributed by atoms with van der Waals surface area (Å²) in [6, 6.07) is 21.4. The van der Waals surface area contributed by atoms with Gasteiger partial charge in [-0.1, -0.05) is 67.6 Å². The van der Waals surface area contributed by atoms with E-state index in [9.17, 15) is 24.9 Å². The minimum Gasteiger partial charge on any atom is -0.508 e. The Labute approximate surface area is 263 Å². The van der Waals surface area contributed by atoms with Crippen LogP contribution in [0.25, 0.3) is 0 Å². The third kappa shape index (κ3) is 9.74. The molecule has 1 heterocycles. The van der Waals surface area contributed by atoms with Gasteiger partial charge in [-0.05, 0) is 48.4 Å². The highest BCUT2D eigenvalue weighted by molar-refractivity contribution is 5.80. The molecule has 11 heteroatoms. The van der Waals surface area contributed by atoms with Crippen LogP contribution in [0.2, 0.25) is 0 Å². The first-order chi connectivity index (χ1) is 21.7. The van der Waals surface area contributed by atoms with Crippen molar-refractivity contribution in [2.24, 2.45) is 5.92 Å². The smallest absolute Gasteiger partial charge is 0.325 e. The third-order valence-corrected chi connectivity index (χ3v) is 7.76. The van der Waals surface area contributed by atoms with E-state index in [1.165, 1.54) is 0 Å². The van der Waals surface area contributed by atoms with Crippen LogP contribution in [0.3, 0.4) is 0 Å². The number of urea groups is 1. The number of nitrogens with zero attached hydrogens (tertiary/aromatic N) is 1. The maximum absolute atomic E-state index is 12.1. The number of hydrogen-bond donors (Lipinski definition) is 5. The van der Waals surface area contributed by atoms with Crippen LogP contribution in [0.4, 0.5) is 4.79 Å². The molecule has 2 amide bonds. The number of nitrogens with one attached hydrogen (secondary N) is 2. The van der Waals surface area contributed by atoms with Crippen molar-refractivity contribution in [1.82, 2.24) is 15.5 Å². The fourth-order valence-electron chi connectivity index (χ4n) is 5.24. The van der Waals surface area contributed by atoms with Crippen molar-refractivity contribution in [3.63, 3.8) is 0 Å². The van der Waals surface area contributed by atoms with Gasteiger partial charge in [0.15, 0.2) is 6.29 Å². The van der Waals surface area contributed by atoms with Crippen molar-refractivity contribution < 1.29 is 39.1 Å². The average molecular weight is 622 g/mol. The summed E-state index contributed by atoms with van der Waals surface area (Å²) in [5.41, 5.74) is 4.07. The number of aliphatic hydroxyl groups is 2.